The summed E-state index contributed by atoms with van der Waals surface area (Å²) in [6, 6.07) is 14.8. The number of carbonyl (C=O) groups excluding carboxylic acids is 1. The molecule has 2 aromatic carbocycles. The van der Waals surface area contributed by atoms with E-state index in [-0.39, 0.29) is 29.0 Å². The van der Waals surface area contributed by atoms with Crippen molar-refractivity contribution in [3.63, 3.8) is 0 Å². The van der Waals surface area contributed by atoms with Crippen LogP contribution in [0.3, 0.4) is 0 Å². The number of rotatable bonds is 6. The molecule has 3 atom stereocenters. The number of amides is 1. The fraction of sp³-hybridized carbons (Fsp3) is 0.350. The standard InChI is InChI=1S/C20H23ClN2O2/c1-20(14-5-3-2-4-6-14)11-17(20)19(25)23-12-15(22)9-13-7-8-16(24)10-18(13)21/h2-8,10,15,17,24H,9,11-12,22H2,1H3,(H,23,25)/t15-,17-,20-/m0/s1. The van der Waals surface area contributed by atoms with E-state index in [1.54, 1.807) is 12.1 Å². The predicted molar refractivity (Wildman–Crippen MR) is 99.7 cm³/mol. The van der Waals surface area contributed by atoms with Crippen molar-refractivity contribution in [2.75, 3.05) is 6.54 Å². The first kappa shape index (κ1) is 17.8. The Labute approximate surface area is 153 Å². The van der Waals surface area contributed by atoms with Crippen molar-refractivity contribution in [2.45, 2.75) is 31.2 Å². The molecule has 0 aromatic heterocycles. The first-order valence-electron chi connectivity index (χ1n) is 8.46. The van der Waals surface area contributed by atoms with Gasteiger partial charge in [0.05, 0.1) is 0 Å². The summed E-state index contributed by atoms with van der Waals surface area (Å²) in [6.07, 6.45) is 1.40. The second kappa shape index (κ2) is 7.06. The van der Waals surface area contributed by atoms with E-state index < -0.39 is 0 Å². The fourth-order valence-corrected chi connectivity index (χ4v) is 3.55. The van der Waals surface area contributed by atoms with E-state index >= 15 is 0 Å². The topological polar surface area (TPSA) is 75.4 Å². The van der Waals surface area contributed by atoms with Gasteiger partial charge in [-0.15, -0.1) is 0 Å². The summed E-state index contributed by atoms with van der Waals surface area (Å²) < 4.78 is 0. The molecule has 3 rings (SSSR count). The third kappa shape index (κ3) is 3.97. The van der Waals surface area contributed by atoms with Crippen LogP contribution < -0.4 is 11.1 Å². The zero-order chi connectivity index (χ0) is 18.0. The van der Waals surface area contributed by atoms with Crippen LogP contribution in [0.1, 0.15) is 24.5 Å². The lowest BCUT2D eigenvalue weighted by atomic mass is 9.95. The molecule has 0 aliphatic heterocycles. The number of nitrogens with two attached hydrogens (primary N) is 1. The van der Waals surface area contributed by atoms with Crippen molar-refractivity contribution in [2.24, 2.45) is 11.7 Å². The minimum atomic E-state index is -0.229. The molecule has 4 N–H and O–H groups in total. The Kier molecular flexibility index (Phi) is 5.02. The predicted octanol–water partition coefficient (Wildman–Crippen LogP) is 3.01. The van der Waals surface area contributed by atoms with Gasteiger partial charge < -0.3 is 16.2 Å². The number of hydrogen-bond acceptors (Lipinski definition) is 3. The molecule has 1 aliphatic rings. The number of nitrogens with one attached hydrogen (secondary N) is 1. The van der Waals surface area contributed by atoms with E-state index in [1.807, 2.05) is 18.2 Å². The van der Waals surface area contributed by atoms with E-state index in [9.17, 15) is 9.90 Å². The molecule has 1 amide bonds. The Morgan fingerprint density at radius 3 is 2.76 bits per heavy atom. The highest BCUT2D eigenvalue weighted by molar-refractivity contribution is 6.31. The average Bonchev–Trinajstić information content (AvgIpc) is 3.29. The smallest absolute Gasteiger partial charge is 0.224 e. The minimum Gasteiger partial charge on any atom is -0.508 e. The van der Waals surface area contributed by atoms with E-state index in [4.69, 9.17) is 17.3 Å². The molecule has 1 fully saturated rings. The van der Waals surface area contributed by atoms with Crippen LogP contribution in [0.25, 0.3) is 0 Å². The molecule has 0 saturated heterocycles. The van der Waals surface area contributed by atoms with Gasteiger partial charge in [-0.05, 0) is 36.1 Å². The van der Waals surface area contributed by atoms with Crippen molar-refractivity contribution in [3.8, 4) is 5.75 Å². The highest BCUT2D eigenvalue weighted by Crippen LogP contribution is 2.53. The first-order chi connectivity index (χ1) is 11.9. The molecule has 5 heteroatoms. The molecule has 0 unspecified atom stereocenters. The van der Waals surface area contributed by atoms with Crippen LogP contribution in [-0.2, 0) is 16.6 Å². The summed E-state index contributed by atoms with van der Waals surface area (Å²) in [5.74, 6) is 0.183. The van der Waals surface area contributed by atoms with Gasteiger partial charge in [0, 0.05) is 28.9 Å². The monoisotopic (exact) mass is 358 g/mol. The summed E-state index contributed by atoms with van der Waals surface area (Å²) in [6.45, 7) is 2.53. The van der Waals surface area contributed by atoms with Crippen LogP contribution in [0.5, 0.6) is 5.75 Å². The zero-order valence-electron chi connectivity index (χ0n) is 14.2. The maximum Gasteiger partial charge on any atom is 0.224 e. The molecule has 0 spiro atoms. The zero-order valence-corrected chi connectivity index (χ0v) is 15.0. The van der Waals surface area contributed by atoms with Crippen LogP contribution in [0.15, 0.2) is 48.5 Å². The molecule has 4 nitrogen and oxygen atoms in total. The molecular weight excluding hydrogens is 336 g/mol. The summed E-state index contributed by atoms with van der Waals surface area (Å²) in [5, 5.41) is 12.8. The van der Waals surface area contributed by atoms with Gasteiger partial charge in [-0.25, -0.2) is 0 Å². The van der Waals surface area contributed by atoms with Gasteiger partial charge in [-0.3, -0.25) is 4.79 Å². The lowest BCUT2D eigenvalue weighted by Gasteiger charge is -2.15. The van der Waals surface area contributed by atoms with Crippen LogP contribution in [0.4, 0.5) is 0 Å². The molecular formula is C20H23ClN2O2. The second-order valence-corrected chi connectivity index (χ2v) is 7.43. The molecule has 1 aliphatic carbocycles. The van der Waals surface area contributed by atoms with E-state index in [1.165, 1.54) is 11.6 Å². The van der Waals surface area contributed by atoms with E-state index in [0.29, 0.717) is 18.0 Å². The van der Waals surface area contributed by atoms with Gasteiger partial charge in [-0.2, -0.15) is 0 Å². The van der Waals surface area contributed by atoms with Gasteiger partial charge in [0.2, 0.25) is 5.91 Å². The van der Waals surface area contributed by atoms with Crippen molar-refractivity contribution >= 4 is 17.5 Å². The van der Waals surface area contributed by atoms with Gasteiger partial charge in [0.25, 0.3) is 0 Å². The van der Waals surface area contributed by atoms with Gasteiger partial charge in [0.1, 0.15) is 5.75 Å². The maximum absolute atomic E-state index is 12.4. The Hall–Kier alpha value is -2.04. The quantitative estimate of drug-likeness (QED) is 0.743. The van der Waals surface area contributed by atoms with Gasteiger partial charge in [0.15, 0.2) is 0 Å². The Morgan fingerprint density at radius 2 is 2.08 bits per heavy atom. The molecule has 132 valence electrons. The molecule has 0 heterocycles. The van der Waals surface area contributed by atoms with E-state index in [0.717, 1.165) is 12.0 Å². The summed E-state index contributed by atoms with van der Waals surface area (Å²) >= 11 is 6.10. The second-order valence-electron chi connectivity index (χ2n) is 7.03. The summed E-state index contributed by atoms with van der Waals surface area (Å²) in [4.78, 5) is 12.4. The van der Waals surface area contributed by atoms with Crippen LogP contribution in [0, 0.1) is 5.92 Å². The minimum absolute atomic E-state index is 0.000592. The van der Waals surface area contributed by atoms with Crippen molar-refractivity contribution in [3.05, 3.63) is 64.7 Å². The number of phenolic OH excluding ortho intramolecular Hbond substituents is 1. The Bertz CT molecular complexity index is 766. The first-order valence-corrected chi connectivity index (χ1v) is 8.84. The molecule has 2 aromatic rings. The third-order valence-corrected chi connectivity index (χ3v) is 5.40. The van der Waals surface area contributed by atoms with Gasteiger partial charge >= 0.3 is 0 Å². The summed E-state index contributed by atoms with van der Waals surface area (Å²) in [7, 11) is 0. The largest absolute Gasteiger partial charge is 0.508 e. The lowest BCUT2D eigenvalue weighted by Crippen LogP contribution is -2.40. The van der Waals surface area contributed by atoms with Gasteiger partial charge in [-0.1, -0.05) is 54.9 Å². The number of halogens is 1. The molecule has 25 heavy (non-hydrogen) atoms. The van der Waals surface area contributed by atoms with Crippen molar-refractivity contribution in [1.29, 1.82) is 0 Å². The van der Waals surface area contributed by atoms with Crippen LogP contribution in [-0.4, -0.2) is 23.6 Å². The SMILES string of the molecule is C[C@@]1(c2ccccc2)C[C@H]1C(=O)NC[C@@H](N)Cc1ccc(O)cc1Cl. The van der Waals surface area contributed by atoms with Crippen molar-refractivity contribution in [1.82, 2.24) is 5.32 Å². The summed E-state index contributed by atoms with van der Waals surface area (Å²) in [5.41, 5.74) is 8.12. The van der Waals surface area contributed by atoms with Crippen LogP contribution in [0.2, 0.25) is 5.02 Å². The highest BCUT2D eigenvalue weighted by atomic mass is 35.5. The molecule has 0 radical (unpaired) electrons. The fourth-order valence-electron chi connectivity index (χ4n) is 3.30. The average molecular weight is 359 g/mol. The highest BCUT2D eigenvalue weighted by Gasteiger charge is 2.55. The Balaban J connectivity index is 1.51. The third-order valence-electron chi connectivity index (χ3n) is 5.04. The number of benzene rings is 2. The molecule has 0 bridgehead atoms. The molecule has 1 saturated carbocycles. The normalized spacial score (nSPS) is 23.1. The lowest BCUT2D eigenvalue weighted by molar-refractivity contribution is -0.122. The van der Waals surface area contributed by atoms with Crippen LogP contribution >= 0.6 is 11.6 Å². The van der Waals surface area contributed by atoms with E-state index in [2.05, 4.69) is 24.4 Å². The number of phenols is 1. The number of carbonyl (C=O) groups is 1. The van der Waals surface area contributed by atoms with Crippen molar-refractivity contribution < 1.29 is 9.90 Å². The number of hydrogen-bond donors (Lipinski definition) is 3. The number of aromatic hydroxyl groups is 1. The Morgan fingerprint density at radius 1 is 1.36 bits per heavy atom. The maximum atomic E-state index is 12.4.